The Hall–Kier alpha value is -6.01. The molecule has 0 saturated carbocycles. The summed E-state index contributed by atoms with van der Waals surface area (Å²) in [4.78, 5) is 36.7. The number of nitrogens with one attached hydrogen (secondary N) is 2. The molecule has 0 heterocycles. The van der Waals surface area contributed by atoms with Crippen LogP contribution in [0.3, 0.4) is 0 Å². The van der Waals surface area contributed by atoms with E-state index in [0.29, 0.717) is 5.75 Å². The van der Waals surface area contributed by atoms with Crippen LogP contribution in [0.25, 0.3) is 0 Å². The van der Waals surface area contributed by atoms with Gasteiger partial charge in [0, 0.05) is 11.6 Å². The Morgan fingerprint density at radius 2 is 1.24 bits per heavy atom. The maximum Gasteiger partial charge on any atom is 0.273 e. The number of carbonyl (C=O) groups is 2. The molecule has 0 spiro atoms. The van der Waals surface area contributed by atoms with Gasteiger partial charge in [-0.3, -0.25) is 19.7 Å². The molecule has 0 aliphatic heterocycles. The van der Waals surface area contributed by atoms with Gasteiger partial charge in [0.25, 0.3) is 27.5 Å². The molecule has 0 atom stereocenters. The Balaban J connectivity index is 1.31. The highest BCUT2D eigenvalue weighted by Gasteiger charge is 2.25. The van der Waals surface area contributed by atoms with Crippen LogP contribution in [0, 0.1) is 10.1 Å². The van der Waals surface area contributed by atoms with Gasteiger partial charge in [0.2, 0.25) is 0 Å². The number of hydrogen-bond donors (Lipinski definition) is 2. The molecule has 0 bridgehead atoms. The van der Waals surface area contributed by atoms with Crippen molar-refractivity contribution in [2.45, 2.75) is 18.1 Å². The van der Waals surface area contributed by atoms with Crippen LogP contribution in [0.2, 0.25) is 0 Å². The van der Waals surface area contributed by atoms with Crippen LogP contribution in [0.4, 0.5) is 11.4 Å². The summed E-state index contributed by atoms with van der Waals surface area (Å²) in [6, 6.07) is 33.7. The van der Waals surface area contributed by atoms with Crippen LogP contribution < -0.4 is 19.5 Å². The Morgan fingerprint density at radius 3 is 1.89 bits per heavy atom. The molecule has 2 N–H and O–H groups in total. The van der Waals surface area contributed by atoms with Crippen molar-refractivity contribution >= 4 is 33.2 Å². The number of benzene rings is 5. The lowest BCUT2D eigenvalue weighted by Gasteiger charge is -2.14. The molecule has 0 fully saturated rings. The van der Waals surface area contributed by atoms with E-state index >= 15 is 0 Å². The van der Waals surface area contributed by atoms with Gasteiger partial charge in [-0.2, -0.15) is 0 Å². The van der Waals surface area contributed by atoms with Crippen molar-refractivity contribution < 1.29 is 32.4 Å². The van der Waals surface area contributed by atoms with Crippen LogP contribution in [0.5, 0.6) is 11.5 Å². The summed E-state index contributed by atoms with van der Waals surface area (Å²) in [6.07, 6.45) is 0. The fraction of sp³-hybridized carbons (Fsp3) is 0.0588. The standard InChI is InChI=1S/C34H27N3O8S/c38-33(26-14-9-15-29(19-26)44-22-24-10-3-1-4-11-24)35-31-16-7-8-17-32(31)46(42,43)36-34(39)27-18-28(37(40)41)21-30(20-27)45-23-25-12-5-2-6-13-25/h1-21H,22-23H2,(H,35,38)(H,36,39). The number of non-ortho nitro benzene ring substituents is 1. The molecule has 5 aromatic rings. The van der Waals surface area contributed by atoms with Gasteiger partial charge in [-0.25, -0.2) is 13.1 Å². The maximum absolute atomic E-state index is 13.4. The number of anilines is 1. The lowest BCUT2D eigenvalue weighted by atomic mass is 10.2. The average molecular weight is 638 g/mol. The molecular weight excluding hydrogens is 610 g/mol. The van der Waals surface area contributed by atoms with E-state index in [9.17, 15) is 28.1 Å². The summed E-state index contributed by atoms with van der Waals surface area (Å²) < 4.78 is 40.1. The third-order valence-electron chi connectivity index (χ3n) is 6.61. The second-order valence-electron chi connectivity index (χ2n) is 9.93. The number of nitro benzene ring substituents is 1. The average Bonchev–Trinajstić information content (AvgIpc) is 3.07. The second kappa shape index (κ2) is 14.2. The predicted molar refractivity (Wildman–Crippen MR) is 170 cm³/mol. The first-order valence-electron chi connectivity index (χ1n) is 13.9. The van der Waals surface area contributed by atoms with E-state index in [1.54, 1.807) is 42.5 Å². The normalized spacial score (nSPS) is 10.9. The second-order valence-corrected chi connectivity index (χ2v) is 11.6. The Morgan fingerprint density at radius 1 is 0.652 bits per heavy atom. The highest BCUT2D eigenvalue weighted by atomic mass is 32.2. The van der Waals surface area contributed by atoms with Crippen molar-refractivity contribution in [2.75, 3.05) is 5.32 Å². The first-order valence-corrected chi connectivity index (χ1v) is 15.4. The van der Waals surface area contributed by atoms with Gasteiger partial charge in [-0.05, 0) is 47.5 Å². The fourth-order valence-electron chi connectivity index (χ4n) is 4.35. The number of ether oxygens (including phenoxy) is 2. The van der Waals surface area contributed by atoms with Crippen LogP contribution in [-0.2, 0) is 23.2 Å². The smallest absolute Gasteiger partial charge is 0.273 e. The number of hydrogen-bond acceptors (Lipinski definition) is 8. The largest absolute Gasteiger partial charge is 0.489 e. The number of nitro groups is 1. The summed E-state index contributed by atoms with van der Waals surface area (Å²) >= 11 is 0. The number of nitrogens with zero attached hydrogens (tertiary/aromatic N) is 1. The molecule has 0 radical (unpaired) electrons. The first-order chi connectivity index (χ1) is 22.2. The lowest BCUT2D eigenvalue weighted by Crippen LogP contribution is -2.31. The van der Waals surface area contributed by atoms with Gasteiger partial charge in [0.1, 0.15) is 29.6 Å². The lowest BCUT2D eigenvalue weighted by molar-refractivity contribution is -0.385. The van der Waals surface area contributed by atoms with E-state index in [0.717, 1.165) is 23.3 Å². The van der Waals surface area contributed by atoms with Gasteiger partial charge in [-0.1, -0.05) is 78.9 Å². The van der Waals surface area contributed by atoms with Crippen molar-refractivity contribution in [3.8, 4) is 11.5 Å². The van der Waals surface area contributed by atoms with Crippen molar-refractivity contribution in [2.24, 2.45) is 0 Å². The molecule has 5 rings (SSSR count). The SMILES string of the molecule is O=C(Nc1ccccc1S(=O)(=O)NC(=O)c1cc(OCc2ccccc2)cc([N+](=O)[O-])c1)c1cccc(OCc2ccccc2)c1. The third-order valence-corrected chi connectivity index (χ3v) is 8.00. The summed E-state index contributed by atoms with van der Waals surface area (Å²) in [5.41, 5.74) is 1.08. The summed E-state index contributed by atoms with van der Waals surface area (Å²) in [6.45, 7) is 0.356. The van der Waals surface area contributed by atoms with E-state index < -0.39 is 32.4 Å². The van der Waals surface area contributed by atoms with E-state index in [1.807, 2.05) is 41.1 Å². The predicted octanol–water partition coefficient (Wildman–Crippen LogP) is 6.12. The molecular formula is C34H27N3O8S. The van der Waals surface area contributed by atoms with Crippen LogP contribution in [-0.4, -0.2) is 25.2 Å². The zero-order chi connectivity index (χ0) is 32.5. The molecule has 11 nitrogen and oxygen atoms in total. The topological polar surface area (TPSA) is 154 Å². The summed E-state index contributed by atoms with van der Waals surface area (Å²) in [5.74, 6) is -1.30. The zero-order valence-corrected chi connectivity index (χ0v) is 25.0. The molecule has 0 aliphatic rings. The van der Waals surface area contributed by atoms with E-state index in [-0.39, 0.29) is 40.7 Å². The fourth-order valence-corrected chi connectivity index (χ4v) is 5.48. The van der Waals surface area contributed by atoms with Gasteiger partial charge in [0.05, 0.1) is 22.2 Å². The van der Waals surface area contributed by atoms with Crippen LogP contribution in [0.15, 0.2) is 132 Å². The third kappa shape index (κ3) is 8.12. The van der Waals surface area contributed by atoms with Crippen LogP contribution >= 0.6 is 0 Å². The minimum absolute atomic E-state index is 0.00300. The minimum atomic E-state index is -4.56. The number of rotatable bonds is 12. The van der Waals surface area contributed by atoms with Crippen molar-refractivity contribution in [1.29, 1.82) is 0 Å². The molecule has 12 heteroatoms. The molecule has 46 heavy (non-hydrogen) atoms. The van der Waals surface area contributed by atoms with Gasteiger partial charge in [-0.15, -0.1) is 0 Å². The van der Waals surface area contributed by atoms with Crippen molar-refractivity contribution in [3.63, 3.8) is 0 Å². The molecule has 0 aromatic heterocycles. The molecule has 0 unspecified atom stereocenters. The Labute approximate surface area is 264 Å². The van der Waals surface area contributed by atoms with E-state index in [2.05, 4.69) is 5.32 Å². The Kier molecular flexibility index (Phi) is 9.69. The Bertz CT molecular complexity index is 1980. The van der Waals surface area contributed by atoms with Crippen LogP contribution in [0.1, 0.15) is 31.8 Å². The quantitative estimate of drug-likeness (QED) is 0.122. The van der Waals surface area contributed by atoms with Crippen molar-refractivity contribution in [3.05, 3.63) is 160 Å². The minimum Gasteiger partial charge on any atom is -0.489 e. The van der Waals surface area contributed by atoms with E-state index in [4.69, 9.17) is 9.47 Å². The zero-order valence-electron chi connectivity index (χ0n) is 24.2. The number of sulfonamides is 1. The molecule has 232 valence electrons. The summed E-state index contributed by atoms with van der Waals surface area (Å²) in [7, 11) is -4.56. The van der Waals surface area contributed by atoms with Crippen molar-refractivity contribution in [1.82, 2.24) is 4.72 Å². The summed E-state index contributed by atoms with van der Waals surface area (Å²) in [5, 5.41) is 14.1. The first kappa shape index (κ1) is 31.4. The number of para-hydroxylation sites is 1. The number of amides is 2. The maximum atomic E-state index is 13.4. The van der Waals surface area contributed by atoms with Gasteiger partial charge >= 0.3 is 0 Å². The highest BCUT2D eigenvalue weighted by molar-refractivity contribution is 7.90. The number of carbonyl (C=O) groups excluding carboxylic acids is 2. The molecule has 0 aliphatic carbocycles. The van der Waals surface area contributed by atoms with E-state index in [1.165, 1.54) is 36.4 Å². The molecule has 5 aromatic carbocycles. The van der Waals surface area contributed by atoms with Gasteiger partial charge in [0.15, 0.2) is 0 Å². The monoisotopic (exact) mass is 637 g/mol. The molecule has 2 amide bonds. The van der Waals surface area contributed by atoms with Gasteiger partial charge < -0.3 is 14.8 Å². The highest BCUT2D eigenvalue weighted by Crippen LogP contribution is 2.26. The molecule has 0 saturated heterocycles.